The summed E-state index contributed by atoms with van der Waals surface area (Å²) in [6.45, 7) is 0.605. The Hall–Kier alpha value is -3.62. The van der Waals surface area contributed by atoms with E-state index >= 15 is 0 Å². The van der Waals surface area contributed by atoms with Crippen molar-refractivity contribution < 1.29 is 0 Å². The topological polar surface area (TPSA) is 105 Å². The molecule has 4 N–H and O–H groups in total. The normalized spacial score (nSPS) is 12.2. The molecule has 0 radical (unpaired) electrons. The molecule has 0 fully saturated rings. The van der Waals surface area contributed by atoms with Gasteiger partial charge in [-0.15, -0.1) is 11.3 Å². The zero-order chi connectivity index (χ0) is 21.0. The van der Waals surface area contributed by atoms with Gasteiger partial charge in [0.25, 0.3) is 0 Å². The number of H-pyrrole nitrogens is 1. The number of aromatic nitrogens is 5. The van der Waals surface area contributed by atoms with Gasteiger partial charge in [0.1, 0.15) is 5.82 Å². The maximum absolute atomic E-state index is 6.41. The molecule has 154 valence electrons. The average molecular weight is 428 g/mol. The number of hydrogen-bond acceptors (Lipinski definition) is 7. The van der Waals surface area contributed by atoms with Gasteiger partial charge in [0, 0.05) is 47.7 Å². The van der Waals surface area contributed by atoms with Crippen LogP contribution in [0.2, 0.25) is 0 Å². The molecule has 31 heavy (non-hydrogen) atoms. The van der Waals surface area contributed by atoms with Gasteiger partial charge < -0.3 is 11.1 Å². The van der Waals surface area contributed by atoms with Crippen LogP contribution in [0.15, 0.2) is 72.5 Å². The molecule has 8 heteroatoms. The Kier molecular flexibility index (Phi) is 5.39. The van der Waals surface area contributed by atoms with Gasteiger partial charge in [0.15, 0.2) is 5.82 Å². The molecule has 1 atom stereocenters. The van der Waals surface area contributed by atoms with Crippen LogP contribution >= 0.6 is 11.3 Å². The van der Waals surface area contributed by atoms with Crippen LogP contribution < -0.4 is 11.1 Å². The lowest BCUT2D eigenvalue weighted by atomic mass is 10.1. The molecule has 0 bridgehead atoms. The first-order valence-electron chi connectivity index (χ1n) is 10.0. The highest BCUT2D eigenvalue weighted by atomic mass is 32.1. The highest BCUT2D eigenvalue weighted by molar-refractivity contribution is 7.18. The van der Waals surface area contributed by atoms with Gasteiger partial charge >= 0.3 is 0 Å². The molecule has 0 saturated carbocycles. The maximum Gasteiger partial charge on any atom is 0.162 e. The van der Waals surface area contributed by atoms with Gasteiger partial charge in [-0.25, -0.2) is 9.97 Å². The monoisotopic (exact) mass is 427 g/mol. The first-order chi connectivity index (χ1) is 15.3. The molecule has 1 aromatic carbocycles. The van der Waals surface area contributed by atoms with E-state index in [-0.39, 0.29) is 6.04 Å². The molecule has 4 heterocycles. The van der Waals surface area contributed by atoms with Crippen molar-refractivity contribution in [3.8, 4) is 22.6 Å². The minimum Gasteiger partial charge on any atom is -0.367 e. The fourth-order valence-corrected chi connectivity index (χ4v) is 4.45. The number of fused-ring (bicyclic) bond motifs is 1. The van der Waals surface area contributed by atoms with E-state index in [1.54, 1.807) is 29.9 Å². The number of benzene rings is 1. The molecule has 7 nitrogen and oxygen atoms in total. The van der Waals surface area contributed by atoms with Crippen LogP contribution in [0.5, 0.6) is 0 Å². The number of hydrogen-bond donors (Lipinski definition) is 3. The number of rotatable bonds is 7. The summed E-state index contributed by atoms with van der Waals surface area (Å²) in [6.07, 6.45) is 6.03. The first-order valence-corrected chi connectivity index (χ1v) is 10.9. The summed E-state index contributed by atoms with van der Waals surface area (Å²) in [4.78, 5) is 13.8. The number of nitrogens with zero attached hydrogens (tertiary/aromatic N) is 4. The van der Waals surface area contributed by atoms with E-state index in [2.05, 4.69) is 38.0 Å². The van der Waals surface area contributed by atoms with Crippen LogP contribution in [0.3, 0.4) is 0 Å². The zero-order valence-corrected chi connectivity index (χ0v) is 17.5. The Labute approximate surface area is 183 Å². The van der Waals surface area contributed by atoms with Gasteiger partial charge in [0.05, 0.1) is 15.9 Å². The third kappa shape index (κ3) is 4.16. The fraction of sp³-hybridized carbons (Fsp3) is 0.130. The molecule has 0 saturated heterocycles. The smallest absolute Gasteiger partial charge is 0.162 e. The lowest BCUT2D eigenvalue weighted by Crippen LogP contribution is -2.31. The van der Waals surface area contributed by atoms with Crippen molar-refractivity contribution in [1.29, 1.82) is 0 Å². The van der Waals surface area contributed by atoms with Crippen molar-refractivity contribution in [3.63, 3.8) is 0 Å². The summed E-state index contributed by atoms with van der Waals surface area (Å²) in [5.41, 5.74) is 11.4. The van der Waals surface area contributed by atoms with Crippen LogP contribution in [0.1, 0.15) is 5.56 Å². The number of thiophene rings is 1. The minimum atomic E-state index is -0.0381. The zero-order valence-electron chi connectivity index (χ0n) is 16.7. The largest absolute Gasteiger partial charge is 0.367 e. The molecular weight excluding hydrogens is 406 g/mol. The number of pyridine rings is 1. The predicted molar refractivity (Wildman–Crippen MR) is 125 cm³/mol. The minimum absolute atomic E-state index is 0.0381. The number of nitrogens with two attached hydrogens (primary N) is 1. The van der Waals surface area contributed by atoms with Gasteiger partial charge in [-0.1, -0.05) is 30.3 Å². The Balaban J connectivity index is 1.49. The SMILES string of the molecule is N[C@@H](CNc1nc(-c2ccncc2)nc2c(-c3ccn[nH]3)csc12)Cc1ccccc1. The van der Waals surface area contributed by atoms with Crippen molar-refractivity contribution >= 4 is 27.4 Å². The quantitative estimate of drug-likeness (QED) is 0.361. The molecule has 0 spiro atoms. The summed E-state index contributed by atoms with van der Waals surface area (Å²) in [5, 5.41) is 12.7. The summed E-state index contributed by atoms with van der Waals surface area (Å²) >= 11 is 1.61. The molecule has 4 aromatic heterocycles. The van der Waals surface area contributed by atoms with Crippen LogP contribution in [0.25, 0.3) is 32.9 Å². The second kappa shape index (κ2) is 8.63. The van der Waals surface area contributed by atoms with Gasteiger partial charge in [-0.05, 0) is 30.2 Å². The summed E-state index contributed by atoms with van der Waals surface area (Å²) in [5.74, 6) is 1.43. The molecular formula is C23H21N7S. The molecule has 0 aliphatic rings. The first kappa shape index (κ1) is 19.3. The second-order valence-electron chi connectivity index (χ2n) is 7.26. The molecule has 0 unspecified atom stereocenters. The van der Waals surface area contributed by atoms with Crippen molar-refractivity contribution in [2.45, 2.75) is 12.5 Å². The average Bonchev–Trinajstić information content (AvgIpc) is 3.48. The van der Waals surface area contributed by atoms with E-state index in [0.29, 0.717) is 12.4 Å². The van der Waals surface area contributed by atoms with E-state index in [0.717, 1.165) is 39.3 Å². The molecule has 0 amide bonds. The standard InChI is InChI=1S/C23H21N7S/c24-17(12-15-4-2-1-3-5-15)13-26-23-21-20(18(14-31-21)19-8-11-27-30-19)28-22(29-23)16-6-9-25-10-7-16/h1-11,14,17H,12-13,24H2,(H,27,30)(H,26,28,29)/t17-/m1/s1. The van der Waals surface area contributed by atoms with E-state index in [1.165, 1.54) is 5.56 Å². The third-order valence-corrected chi connectivity index (χ3v) is 5.99. The van der Waals surface area contributed by atoms with Crippen LogP contribution in [0, 0.1) is 0 Å². The predicted octanol–water partition coefficient (Wildman–Crippen LogP) is 4.13. The summed E-state index contributed by atoms with van der Waals surface area (Å²) in [7, 11) is 0. The van der Waals surface area contributed by atoms with Crippen LogP contribution in [-0.4, -0.2) is 37.7 Å². The second-order valence-corrected chi connectivity index (χ2v) is 8.14. The maximum atomic E-state index is 6.41. The summed E-state index contributed by atoms with van der Waals surface area (Å²) in [6, 6.07) is 16.0. The number of nitrogens with one attached hydrogen (secondary N) is 2. The molecule has 5 aromatic rings. The molecule has 0 aliphatic heterocycles. The van der Waals surface area contributed by atoms with E-state index in [9.17, 15) is 0 Å². The molecule has 0 aliphatic carbocycles. The van der Waals surface area contributed by atoms with Crippen LogP contribution in [0.4, 0.5) is 5.82 Å². The highest BCUT2D eigenvalue weighted by Gasteiger charge is 2.17. The highest BCUT2D eigenvalue weighted by Crippen LogP contribution is 2.36. The Morgan fingerprint density at radius 3 is 2.61 bits per heavy atom. The molecule has 5 rings (SSSR count). The Bertz CT molecular complexity index is 1270. The number of aromatic amines is 1. The third-order valence-electron chi connectivity index (χ3n) is 5.02. The Morgan fingerprint density at radius 2 is 1.84 bits per heavy atom. The van der Waals surface area contributed by atoms with Crippen molar-refractivity contribution in [3.05, 3.63) is 78.1 Å². The van der Waals surface area contributed by atoms with Crippen LogP contribution in [-0.2, 0) is 6.42 Å². The van der Waals surface area contributed by atoms with Crippen molar-refractivity contribution in [2.24, 2.45) is 5.73 Å². The lowest BCUT2D eigenvalue weighted by Gasteiger charge is -2.14. The van der Waals surface area contributed by atoms with E-state index < -0.39 is 0 Å². The van der Waals surface area contributed by atoms with Gasteiger partial charge in [-0.2, -0.15) is 5.10 Å². The Morgan fingerprint density at radius 1 is 1.00 bits per heavy atom. The van der Waals surface area contributed by atoms with Crippen molar-refractivity contribution in [1.82, 2.24) is 25.1 Å². The lowest BCUT2D eigenvalue weighted by molar-refractivity contribution is 0.698. The van der Waals surface area contributed by atoms with Gasteiger partial charge in [0.2, 0.25) is 0 Å². The number of anilines is 1. The van der Waals surface area contributed by atoms with Gasteiger partial charge in [-0.3, -0.25) is 10.1 Å². The van der Waals surface area contributed by atoms with Crippen molar-refractivity contribution in [2.75, 3.05) is 11.9 Å². The fourth-order valence-electron chi connectivity index (χ4n) is 3.48. The van der Waals surface area contributed by atoms with E-state index in [1.807, 2.05) is 36.4 Å². The van der Waals surface area contributed by atoms with E-state index in [4.69, 9.17) is 15.7 Å². The summed E-state index contributed by atoms with van der Waals surface area (Å²) < 4.78 is 0.995.